The maximum atomic E-state index is 12.0. The van der Waals surface area contributed by atoms with Crippen molar-refractivity contribution in [3.8, 4) is 11.5 Å². The zero-order chi connectivity index (χ0) is 14.7. The second-order valence-electron chi connectivity index (χ2n) is 4.37. The average Bonchev–Trinajstić information content (AvgIpc) is 3.02. The third-order valence-electron chi connectivity index (χ3n) is 2.89. The summed E-state index contributed by atoms with van der Waals surface area (Å²) >= 11 is 0. The summed E-state index contributed by atoms with van der Waals surface area (Å²) in [6.07, 6.45) is 1.81. The van der Waals surface area contributed by atoms with E-state index < -0.39 is 0 Å². The minimum atomic E-state index is -0.349. The molecule has 1 aromatic heterocycles. The lowest BCUT2D eigenvalue weighted by Gasteiger charge is -2.12. The minimum absolute atomic E-state index is 0.190. The van der Waals surface area contributed by atoms with E-state index in [0.717, 1.165) is 0 Å². The molecule has 106 valence electrons. The first kappa shape index (κ1) is 13.0. The minimum Gasteiger partial charge on any atom is -0.423 e. The number of nitrogens with one attached hydrogen (secondary N) is 2. The molecule has 1 aromatic carbocycles. The number of rotatable bonds is 3. The molecule has 0 fully saturated rings. The van der Waals surface area contributed by atoms with Gasteiger partial charge in [0.05, 0.1) is 0 Å². The van der Waals surface area contributed by atoms with E-state index in [2.05, 4.69) is 26.0 Å². The van der Waals surface area contributed by atoms with Crippen molar-refractivity contribution in [1.82, 2.24) is 15.6 Å². The van der Waals surface area contributed by atoms with Gasteiger partial charge in [-0.2, -0.15) is 5.10 Å². The largest absolute Gasteiger partial charge is 0.423 e. The summed E-state index contributed by atoms with van der Waals surface area (Å²) < 4.78 is 5.10. The van der Waals surface area contributed by atoms with Crippen LogP contribution in [0, 0.1) is 0 Å². The van der Waals surface area contributed by atoms with Crippen molar-refractivity contribution in [2.75, 3.05) is 5.32 Å². The fourth-order valence-corrected chi connectivity index (χ4v) is 1.87. The fraction of sp³-hybridized carbons (Fsp3) is 0.154. The van der Waals surface area contributed by atoms with Gasteiger partial charge in [0.2, 0.25) is 18.2 Å². The van der Waals surface area contributed by atoms with Crippen LogP contribution in [-0.4, -0.2) is 27.7 Å². The van der Waals surface area contributed by atoms with Crippen LogP contribution in [0.5, 0.6) is 0 Å². The smallest absolute Gasteiger partial charge is 0.271 e. The van der Waals surface area contributed by atoms with Crippen molar-refractivity contribution in [2.24, 2.45) is 5.10 Å². The first-order valence-electron chi connectivity index (χ1n) is 6.26. The van der Waals surface area contributed by atoms with Crippen LogP contribution in [0.25, 0.3) is 11.5 Å². The van der Waals surface area contributed by atoms with Crippen molar-refractivity contribution >= 4 is 23.2 Å². The number of benzene rings is 1. The molecule has 0 unspecified atom stereocenters. The van der Waals surface area contributed by atoms with Crippen LogP contribution >= 0.6 is 0 Å². The van der Waals surface area contributed by atoms with E-state index in [9.17, 15) is 9.59 Å². The Morgan fingerprint density at radius 2 is 2.24 bits per heavy atom. The van der Waals surface area contributed by atoms with Crippen LogP contribution in [0.3, 0.4) is 0 Å². The van der Waals surface area contributed by atoms with E-state index in [0.29, 0.717) is 23.6 Å². The van der Waals surface area contributed by atoms with Crippen LogP contribution in [-0.2, 0) is 9.59 Å². The van der Waals surface area contributed by atoms with Crippen molar-refractivity contribution in [2.45, 2.75) is 12.8 Å². The molecule has 0 radical (unpaired) electrons. The lowest BCUT2D eigenvalue weighted by Crippen LogP contribution is -2.32. The summed E-state index contributed by atoms with van der Waals surface area (Å²) in [6.45, 7) is 0. The Hall–Kier alpha value is -3.03. The van der Waals surface area contributed by atoms with Gasteiger partial charge in [0.15, 0.2) is 0 Å². The van der Waals surface area contributed by atoms with E-state index >= 15 is 0 Å². The molecule has 1 aliphatic heterocycles. The zero-order valence-corrected chi connectivity index (χ0v) is 10.9. The standard InChI is InChI=1S/C13H11N5O3/c19-11-5-4-10(16-17-11)12(20)15-9-3-1-2-8(6-9)13-18-14-7-21-13/h1-3,6-7H,4-5H2,(H,15,20)(H,17,19). The van der Waals surface area contributed by atoms with Crippen molar-refractivity contribution < 1.29 is 14.0 Å². The molecule has 2 heterocycles. The SMILES string of the molecule is O=C1CCC(C(=O)Nc2cccc(-c3nnco3)c2)=NN1. The van der Waals surface area contributed by atoms with E-state index in [-0.39, 0.29) is 23.9 Å². The Morgan fingerprint density at radius 1 is 1.33 bits per heavy atom. The normalized spacial score (nSPS) is 14.3. The van der Waals surface area contributed by atoms with Gasteiger partial charge in [-0.25, -0.2) is 5.43 Å². The summed E-state index contributed by atoms with van der Waals surface area (Å²) in [7, 11) is 0. The van der Waals surface area contributed by atoms with Gasteiger partial charge in [-0.1, -0.05) is 6.07 Å². The fourth-order valence-electron chi connectivity index (χ4n) is 1.87. The third-order valence-corrected chi connectivity index (χ3v) is 2.89. The van der Waals surface area contributed by atoms with E-state index in [1.807, 2.05) is 0 Å². The molecule has 1 aliphatic rings. The molecule has 0 bridgehead atoms. The molecular weight excluding hydrogens is 274 g/mol. The van der Waals surface area contributed by atoms with Gasteiger partial charge >= 0.3 is 0 Å². The number of hydrogen-bond donors (Lipinski definition) is 2. The van der Waals surface area contributed by atoms with Crippen molar-refractivity contribution in [1.29, 1.82) is 0 Å². The van der Waals surface area contributed by atoms with Crippen molar-refractivity contribution in [3.05, 3.63) is 30.7 Å². The van der Waals surface area contributed by atoms with E-state index in [1.54, 1.807) is 24.3 Å². The van der Waals surface area contributed by atoms with Gasteiger partial charge < -0.3 is 9.73 Å². The maximum absolute atomic E-state index is 12.0. The van der Waals surface area contributed by atoms with Gasteiger partial charge in [0.25, 0.3) is 5.91 Å². The molecule has 2 N–H and O–H groups in total. The average molecular weight is 285 g/mol. The predicted molar refractivity (Wildman–Crippen MR) is 73.2 cm³/mol. The Balaban J connectivity index is 1.75. The number of hydrazone groups is 1. The Bertz CT molecular complexity index is 708. The van der Waals surface area contributed by atoms with Gasteiger partial charge in [0.1, 0.15) is 5.71 Å². The monoisotopic (exact) mass is 285 g/mol. The number of carbonyl (C=O) groups is 2. The number of amides is 2. The van der Waals surface area contributed by atoms with Crippen molar-refractivity contribution in [3.63, 3.8) is 0 Å². The number of hydrogen-bond acceptors (Lipinski definition) is 6. The molecule has 0 spiro atoms. The highest BCUT2D eigenvalue weighted by molar-refractivity contribution is 6.43. The molecule has 0 atom stereocenters. The van der Waals surface area contributed by atoms with Crippen LogP contribution in [0.2, 0.25) is 0 Å². The second-order valence-corrected chi connectivity index (χ2v) is 4.37. The molecule has 0 aliphatic carbocycles. The highest BCUT2D eigenvalue weighted by Crippen LogP contribution is 2.20. The molecule has 0 saturated heterocycles. The Morgan fingerprint density at radius 3 is 2.95 bits per heavy atom. The highest BCUT2D eigenvalue weighted by Gasteiger charge is 2.18. The van der Waals surface area contributed by atoms with E-state index in [1.165, 1.54) is 6.39 Å². The number of aromatic nitrogens is 2. The quantitative estimate of drug-likeness (QED) is 0.872. The summed E-state index contributed by atoms with van der Waals surface area (Å²) in [6, 6.07) is 7.01. The first-order valence-corrected chi connectivity index (χ1v) is 6.26. The van der Waals surface area contributed by atoms with Crippen LogP contribution in [0.4, 0.5) is 5.69 Å². The predicted octanol–water partition coefficient (Wildman–Crippen LogP) is 0.941. The Kier molecular flexibility index (Phi) is 3.42. The van der Waals surface area contributed by atoms with Gasteiger partial charge in [-0.05, 0) is 18.2 Å². The number of nitrogens with zero attached hydrogens (tertiary/aromatic N) is 3. The topological polar surface area (TPSA) is 109 Å². The van der Waals surface area contributed by atoms with Crippen LogP contribution < -0.4 is 10.7 Å². The molecule has 21 heavy (non-hydrogen) atoms. The lowest BCUT2D eigenvalue weighted by molar-refractivity contribution is -0.121. The summed E-state index contributed by atoms with van der Waals surface area (Å²) in [5.41, 5.74) is 3.85. The van der Waals surface area contributed by atoms with Gasteiger partial charge in [-0.15, -0.1) is 10.2 Å². The molecule has 3 rings (SSSR count). The number of anilines is 1. The number of carbonyl (C=O) groups excluding carboxylic acids is 2. The van der Waals surface area contributed by atoms with E-state index in [4.69, 9.17) is 4.42 Å². The molecule has 2 amide bonds. The molecule has 2 aromatic rings. The van der Waals surface area contributed by atoms with Crippen LogP contribution in [0.1, 0.15) is 12.8 Å². The van der Waals surface area contributed by atoms with Crippen LogP contribution in [0.15, 0.2) is 40.2 Å². The first-order chi connectivity index (χ1) is 10.2. The summed E-state index contributed by atoms with van der Waals surface area (Å²) in [4.78, 5) is 23.0. The lowest BCUT2D eigenvalue weighted by atomic mass is 10.1. The maximum Gasteiger partial charge on any atom is 0.271 e. The Labute approximate surface area is 119 Å². The van der Waals surface area contributed by atoms with Gasteiger partial charge in [-0.3, -0.25) is 9.59 Å². The van der Waals surface area contributed by atoms with Gasteiger partial charge in [0, 0.05) is 24.1 Å². The summed E-state index contributed by atoms with van der Waals surface area (Å²) in [5.74, 6) is -0.170. The zero-order valence-electron chi connectivity index (χ0n) is 10.9. The third kappa shape index (κ3) is 2.94. The second kappa shape index (κ2) is 5.53. The highest BCUT2D eigenvalue weighted by atomic mass is 16.4. The molecule has 0 saturated carbocycles. The molecule has 8 heteroatoms. The molecular formula is C13H11N5O3. The molecule has 8 nitrogen and oxygen atoms in total. The summed E-state index contributed by atoms with van der Waals surface area (Å²) in [5, 5.41) is 13.9.